The van der Waals surface area contributed by atoms with Crippen molar-refractivity contribution in [3.63, 3.8) is 0 Å². The monoisotopic (exact) mass is 502 g/mol. The highest BCUT2D eigenvalue weighted by atomic mass is 16.6. The third-order valence-corrected chi connectivity index (χ3v) is 7.33. The van der Waals surface area contributed by atoms with Crippen LogP contribution in [0.25, 0.3) is 0 Å². The number of hydrogen-bond acceptors (Lipinski definition) is 4. The van der Waals surface area contributed by atoms with Gasteiger partial charge in [0.1, 0.15) is 6.10 Å². The number of rotatable bonds is 15. The fourth-order valence-electron chi connectivity index (χ4n) is 5.32. The molecule has 198 valence electrons. The molecule has 4 rings (SSSR count). The van der Waals surface area contributed by atoms with Crippen molar-refractivity contribution < 1.29 is 19.3 Å². The predicted octanol–water partition coefficient (Wildman–Crippen LogP) is 7.10. The molecule has 0 heterocycles. The van der Waals surface area contributed by atoms with Gasteiger partial charge in [-0.3, -0.25) is 0 Å². The van der Waals surface area contributed by atoms with Gasteiger partial charge in [0, 0.05) is 6.61 Å². The summed E-state index contributed by atoms with van der Waals surface area (Å²) in [7, 11) is 0. The Morgan fingerprint density at radius 3 is 1.62 bits per heavy atom. The van der Waals surface area contributed by atoms with Crippen LogP contribution in [0, 0.1) is 5.92 Å². The molecule has 0 spiro atoms. The lowest BCUT2D eigenvalue weighted by Crippen LogP contribution is -2.47. The Morgan fingerprint density at radius 1 is 0.622 bits per heavy atom. The van der Waals surface area contributed by atoms with Gasteiger partial charge in [0.05, 0.1) is 32.0 Å². The molecule has 0 bridgehead atoms. The normalized spacial score (nSPS) is 16.8. The summed E-state index contributed by atoms with van der Waals surface area (Å²) in [6, 6.07) is 31.0. The highest BCUT2D eigenvalue weighted by Gasteiger charge is 2.37. The van der Waals surface area contributed by atoms with Gasteiger partial charge in [0.25, 0.3) is 0 Å². The van der Waals surface area contributed by atoms with Crippen molar-refractivity contribution in [1.29, 1.82) is 0 Å². The zero-order valence-corrected chi connectivity index (χ0v) is 21.9. The van der Waals surface area contributed by atoms with E-state index in [4.69, 9.17) is 14.2 Å². The average molecular weight is 503 g/mol. The maximum Gasteiger partial charge on any atom is 0.110 e. The van der Waals surface area contributed by atoms with Crippen molar-refractivity contribution in [3.05, 3.63) is 108 Å². The molecule has 37 heavy (non-hydrogen) atoms. The number of hydrogen-bond donors (Lipinski definition) is 1. The van der Waals surface area contributed by atoms with Crippen LogP contribution in [-0.2, 0) is 34.0 Å². The Kier molecular flexibility index (Phi) is 11.7. The zero-order chi connectivity index (χ0) is 25.5. The summed E-state index contributed by atoms with van der Waals surface area (Å²) < 4.78 is 20.1. The molecule has 0 aliphatic heterocycles. The van der Waals surface area contributed by atoms with E-state index in [1.165, 1.54) is 24.8 Å². The molecule has 1 N–H and O–H groups in total. The van der Waals surface area contributed by atoms with Gasteiger partial charge >= 0.3 is 0 Å². The third kappa shape index (κ3) is 9.08. The Bertz CT molecular complexity index is 973. The van der Waals surface area contributed by atoms with Crippen LogP contribution >= 0.6 is 0 Å². The van der Waals surface area contributed by atoms with Crippen LogP contribution < -0.4 is 0 Å². The molecule has 0 saturated heterocycles. The quantitative estimate of drug-likeness (QED) is 0.241. The summed E-state index contributed by atoms with van der Waals surface area (Å²) in [5, 5.41) is 9.70. The minimum atomic E-state index is -0.234. The first-order chi connectivity index (χ1) is 18.3. The average Bonchev–Trinajstić information content (AvgIpc) is 2.97. The third-order valence-electron chi connectivity index (χ3n) is 7.33. The Labute approximate surface area is 222 Å². The first kappa shape index (κ1) is 27.5. The predicted molar refractivity (Wildman–Crippen MR) is 148 cm³/mol. The van der Waals surface area contributed by atoms with Gasteiger partial charge in [-0.15, -0.1) is 0 Å². The van der Waals surface area contributed by atoms with Crippen molar-refractivity contribution in [2.75, 3.05) is 6.61 Å². The molecule has 0 amide bonds. The molecule has 3 aromatic carbocycles. The largest absolute Gasteiger partial charge is 0.396 e. The first-order valence-electron chi connectivity index (χ1n) is 13.9. The Morgan fingerprint density at radius 2 is 1.11 bits per heavy atom. The van der Waals surface area contributed by atoms with E-state index < -0.39 is 0 Å². The van der Waals surface area contributed by atoms with E-state index in [0.717, 1.165) is 30.4 Å². The molecule has 3 unspecified atom stereocenters. The van der Waals surface area contributed by atoms with E-state index in [-0.39, 0.29) is 24.9 Å². The van der Waals surface area contributed by atoms with E-state index in [1.807, 2.05) is 42.5 Å². The van der Waals surface area contributed by atoms with Crippen molar-refractivity contribution in [2.45, 2.75) is 83.1 Å². The minimum Gasteiger partial charge on any atom is -0.396 e. The molecule has 3 atom stereocenters. The highest BCUT2D eigenvalue weighted by Crippen LogP contribution is 2.34. The number of aliphatic hydroxyl groups is 1. The minimum absolute atomic E-state index is 0.0799. The lowest BCUT2D eigenvalue weighted by molar-refractivity contribution is -0.171. The van der Waals surface area contributed by atoms with E-state index in [2.05, 4.69) is 48.5 Å². The first-order valence-corrected chi connectivity index (χ1v) is 13.9. The van der Waals surface area contributed by atoms with E-state index in [0.29, 0.717) is 32.2 Å². The van der Waals surface area contributed by atoms with Crippen molar-refractivity contribution in [3.8, 4) is 0 Å². The van der Waals surface area contributed by atoms with E-state index in [1.54, 1.807) is 0 Å². The Balaban J connectivity index is 1.58. The fraction of sp³-hybridized carbons (Fsp3) is 0.455. The van der Waals surface area contributed by atoms with Gasteiger partial charge in [0.2, 0.25) is 0 Å². The van der Waals surface area contributed by atoms with Gasteiger partial charge in [0.15, 0.2) is 0 Å². The summed E-state index contributed by atoms with van der Waals surface area (Å²) in [5.74, 6) is 0.426. The molecule has 4 nitrogen and oxygen atoms in total. The van der Waals surface area contributed by atoms with Crippen LogP contribution in [0.15, 0.2) is 91.0 Å². The molecule has 1 fully saturated rings. The molecule has 1 aliphatic rings. The van der Waals surface area contributed by atoms with Crippen LogP contribution in [-0.4, -0.2) is 30.0 Å². The SMILES string of the molecule is OCCCC(OCc1ccccc1)C(OCc1ccccc1)C(OCc1ccccc1)C1CCCCC1. The Hall–Kier alpha value is -2.50. The number of aliphatic hydroxyl groups excluding tert-OH is 1. The lowest BCUT2D eigenvalue weighted by atomic mass is 9.81. The molecule has 1 aliphatic carbocycles. The zero-order valence-electron chi connectivity index (χ0n) is 21.9. The van der Waals surface area contributed by atoms with Crippen molar-refractivity contribution >= 4 is 0 Å². The van der Waals surface area contributed by atoms with Crippen molar-refractivity contribution in [2.24, 2.45) is 5.92 Å². The molecular weight excluding hydrogens is 460 g/mol. The second-order valence-corrected chi connectivity index (χ2v) is 10.1. The molecule has 1 saturated carbocycles. The number of ether oxygens (including phenoxy) is 3. The van der Waals surface area contributed by atoms with Crippen LogP contribution in [0.2, 0.25) is 0 Å². The van der Waals surface area contributed by atoms with Gasteiger partial charge in [-0.1, -0.05) is 110 Å². The molecule has 4 heteroatoms. The lowest BCUT2D eigenvalue weighted by Gasteiger charge is -2.39. The number of benzene rings is 3. The summed E-state index contributed by atoms with van der Waals surface area (Å²) in [6.45, 7) is 1.71. The summed E-state index contributed by atoms with van der Waals surface area (Å²) in [5.41, 5.74) is 3.45. The van der Waals surface area contributed by atoms with Crippen LogP contribution in [0.5, 0.6) is 0 Å². The second kappa shape index (κ2) is 15.7. The second-order valence-electron chi connectivity index (χ2n) is 10.1. The van der Waals surface area contributed by atoms with Gasteiger partial charge in [-0.2, -0.15) is 0 Å². The molecule has 0 radical (unpaired) electrons. The van der Waals surface area contributed by atoms with Gasteiger partial charge in [-0.05, 0) is 48.3 Å². The standard InChI is InChI=1S/C33H42O4/c34-23-13-22-31(35-24-27-14-5-1-6-15-27)33(37-26-29-18-9-3-10-19-29)32(30-20-11-4-12-21-30)36-25-28-16-7-2-8-17-28/h1-3,5-10,14-19,30-34H,4,11-13,20-26H2. The fourth-order valence-corrected chi connectivity index (χ4v) is 5.32. The van der Waals surface area contributed by atoms with E-state index in [9.17, 15) is 5.11 Å². The molecular formula is C33H42O4. The molecule has 3 aromatic rings. The molecule has 0 aromatic heterocycles. The summed E-state index contributed by atoms with van der Waals surface area (Å²) in [6.07, 6.45) is 6.94. The van der Waals surface area contributed by atoms with Gasteiger partial charge in [-0.25, -0.2) is 0 Å². The summed E-state index contributed by atoms with van der Waals surface area (Å²) >= 11 is 0. The van der Waals surface area contributed by atoms with Crippen molar-refractivity contribution in [1.82, 2.24) is 0 Å². The summed E-state index contributed by atoms with van der Waals surface area (Å²) in [4.78, 5) is 0. The van der Waals surface area contributed by atoms with Crippen LogP contribution in [0.1, 0.15) is 61.6 Å². The van der Waals surface area contributed by atoms with E-state index >= 15 is 0 Å². The maximum atomic E-state index is 9.70. The maximum absolute atomic E-state index is 9.70. The van der Waals surface area contributed by atoms with Crippen LogP contribution in [0.3, 0.4) is 0 Å². The highest BCUT2D eigenvalue weighted by molar-refractivity contribution is 5.15. The topological polar surface area (TPSA) is 47.9 Å². The van der Waals surface area contributed by atoms with Gasteiger partial charge < -0.3 is 19.3 Å². The smallest absolute Gasteiger partial charge is 0.110 e. The van der Waals surface area contributed by atoms with Crippen LogP contribution in [0.4, 0.5) is 0 Å².